The molecule has 9 heteroatoms. The quantitative estimate of drug-likeness (QED) is 0.464. The van der Waals surface area contributed by atoms with Crippen LogP contribution in [0.3, 0.4) is 0 Å². The van der Waals surface area contributed by atoms with Crippen molar-refractivity contribution in [1.82, 2.24) is 0 Å². The van der Waals surface area contributed by atoms with Gasteiger partial charge in [-0.1, -0.05) is 0 Å². The Bertz CT molecular complexity index is 12.1. The van der Waals surface area contributed by atoms with Gasteiger partial charge in [0.15, 0.2) is 0 Å². The van der Waals surface area contributed by atoms with E-state index in [0.717, 1.165) is 0 Å². The van der Waals surface area contributed by atoms with E-state index >= 15 is 0 Å². The van der Waals surface area contributed by atoms with Crippen molar-refractivity contribution in [3.05, 3.63) is 0 Å². The fourth-order valence-corrected chi connectivity index (χ4v) is 0. The molecule has 68 valence electrons. The van der Waals surface area contributed by atoms with Crippen LogP contribution in [0.25, 0.3) is 0 Å². The van der Waals surface area contributed by atoms with Gasteiger partial charge in [0.05, 0.1) is 0 Å². The molecule has 0 saturated heterocycles. The van der Waals surface area contributed by atoms with Crippen LogP contribution >= 0.6 is 0 Å². The van der Waals surface area contributed by atoms with Crippen molar-refractivity contribution in [3.8, 4) is 0 Å². The van der Waals surface area contributed by atoms with Crippen molar-refractivity contribution in [3.63, 3.8) is 0 Å². The normalized spacial score (nSPS) is 0. The Morgan fingerprint density at radius 1 is 0.333 bits per heavy atom. The fraction of sp³-hybridized carbons (Fsp3) is 0. The summed E-state index contributed by atoms with van der Waals surface area (Å²) >= 11 is 0. The third kappa shape index (κ3) is 433. The predicted octanol–water partition coefficient (Wildman–Crippen LogP) is 1.06. The molecule has 0 heterocycles. The Hall–Kier alpha value is 1.01. The van der Waals surface area contributed by atoms with Gasteiger partial charge in [0.25, 0.3) is 0 Å². The Kier molecular flexibility index (Phi) is 49900. The molecule has 0 saturated carbocycles. The summed E-state index contributed by atoms with van der Waals surface area (Å²) in [6.07, 6.45) is 0. The molecule has 0 aromatic rings. The molecule has 0 atom stereocenters. The number of hydrogen-bond donors (Lipinski definition) is 0. The van der Waals surface area contributed by atoms with E-state index < -0.39 is 0 Å². The van der Waals surface area contributed by atoms with Crippen molar-refractivity contribution in [2.45, 2.75) is 0 Å². The van der Waals surface area contributed by atoms with Gasteiger partial charge in [-0.25, -0.2) is 0 Å². The molecule has 0 rings (SSSR count). The van der Waals surface area contributed by atoms with Crippen LogP contribution in [0.4, 0.5) is 37.6 Å². The molecule has 0 aliphatic rings. The smallest absolute Gasteiger partial charge is 1.00 e. The minimum atomic E-state index is 0. The molecule has 0 bridgehead atoms. The largest absolute Gasteiger partial charge is 2.00 e. The zero-order valence-electron chi connectivity index (χ0n) is 5.97. The second kappa shape index (κ2) is 565. The Labute approximate surface area is 88.7 Å². The van der Waals surface area contributed by atoms with Crippen molar-refractivity contribution >= 4 is 48.9 Å². The van der Waals surface area contributed by atoms with Crippen molar-refractivity contribution in [2.75, 3.05) is 0 Å². The third-order valence-corrected chi connectivity index (χ3v) is 0. The first kappa shape index (κ1) is 795. The van der Waals surface area contributed by atoms with Crippen molar-refractivity contribution in [1.29, 1.82) is 0 Å². The summed E-state index contributed by atoms with van der Waals surface area (Å²) in [4.78, 5) is 0. The maximum atomic E-state index is 0. The first-order chi connectivity index (χ1) is 0. The molecule has 0 aromatic heterocycles. The van der Waals surface area contributed by atoms with Crippen molar-refractivity contribution < 1.29 is 40.5 Å². The summed E-state index contributed by atoms with van der Waals surface area (Å²) in [5.74, 6) is 0. The molecule has 0 aliphatic carbocycles. The minimum absolute atomic E-state index is 0. The fourth-order valence-electron chi connectivity index (χ4n) is 0. The van der Waals surface area contributed by atoms with E-state index in [1.54, 1.807) is 0 Å². The van der Waals surface area contributed by atoms with E-state index in [-0.39, 0.29) is 89.4 Å². The molecule has 0 unspecified atom stereocenters. The first-order valence-corrected chi connectivity index (χ1v) is 0. The van der Waals surface area contributed by atoms with E-state index in [1.807, 2.05) is 0 Å². The van der Waals surface area contributed by atoms with Gasteiger partial charge in [-0.3, -0.25) is 37.6 Å². The second-order valence-corrected chi connectivity index (χ2v) is 0. The standard InChI is InChI=1S/Ba.8FH.2H/h;8*1H;;/q+2;;;;;;;;;2*-1. The zero-order valence-corrected chi connectivity index (χ0v) is 8.41. The van der Waals surface area contributed by atoms with Gasteiger partial charge < -0.3 is 2.85 Å². The molecular formula is H10BaF8. The Balaban J connectivity index is 0. The average Bonchev–Trinajstić information content (AvgIpc) is 0. The molecule has 0 spiro atoms. The van der Waals surface area contributed by atoms with Crippen LogP contribution in [0.5, 0.6) is 0 Å². The summed E-state index contributed by atoms with van der Waals surface area (Å²) in [7, 11) is 0. The Morgan fingerprint density at radius 2 is 0.333 bits per heavy atom. The van der Waals surface area contributed by atoms with Crippen LogP contribution in [0.1, 0.15) is 2.85 Å². The van der Waals surface area contributed by atoms with Gasteiger partial charge in [-0.05, 0) is 0 Å². The summed E-state index contributed by atoms with van der Waals surface area (Å²) in [5, 5.41) is 0. The van der Waals surface area contributed by atoms with E-state index in [4.69, 9.17) is 0 Å². The van der Waals surface area contributed by atoms with Crippen LogP contribution in [-0.2, 0) is 0 Å². The number of hydrogen-bond acceptors (Lipinski definition) is 0. The SMILES string of the molecule is F.F.F.F.F.F.F.F.[Ba+2].[H-].[H-]. The van der Waals surface area contributed by atoms with Gasteiger partial charge in [-0.15, -0.1) is 0 Å². The van der Waals surface area contributed by atoms with E-state index in [9.17, 15) is 0 Å². The van der Waals surface area contributed by atoms with Crippen LogP contribution < -0.4 is 0 Å². The minimum Gasteiger partial charge on any atom is -1.00 e. The number of halogens is 8. The molecule has 9 heavy (non-hydrogen) atoms. The Morgan fingerprint density at radius 3 is 0.333 bits per heavy atom. The topological polar surface area (TPSA) is 0 Å². The van der Waals surface area contributed by atoms with E-state index in [0.29, 0.717) is 0 Å². The zero-order chi connectivity index (χ0) is 0. The van der Waals surface area contributed by atoms with Gasteiger partial charge in [-0.2, -0.15) is 0 Å². The molecule has 0 radical (unpaired) electrons. The molecule has 0 fully saturated rings. The number of rotatable bonds is 0. The molecule has 0 amide bonds. The van der Waals surface area contributed by atoms with Gasteiger partial charge in [0, 0.05) is 0 Å². The molecule has 0 aromatic carbocycles. The van der Waals surface area contributed by atoms with E-state index in [1.165, 1.54) is 0 Å². The van der Waals surface area contributed by atoms with Gasteiger partial charge >= 0.3 is 48.9 Å². The van der Waals surface area contributed by atoms with Crippen LogP contribution in [-0.4, -0.2) is 48.9 Å². The monoisotopic (exact) mass is 300 g/mol. The van der Waals surface area contributed by atoms with Crippen LogP contribution in [0, 0.1) is 0 Å². The molecule has 0 aliphatic heterocycles. The maximum Gasteiger partial charge on any atom is 2.00 e. The summed E-state index contributed by atoms with van der Waals surface area (Å²) in [6.45, 7) is 0. The third-order valence-electron chi connectivity index (χ3n) is 0. The second-order valence-electron chi connectivity index (χ2n) is 0. The van der Waals surface area contributed by atoms with Crippen LogP contribution in [0.15, 0.2) is 0 Å². The molecule has 0 N–H and O–H groups in total. The summed E-state index contributed by atoms with van der Waals surface area (Å²) in [6, 6.07) is 0. The van der Waals surface area contributed by atoms with Crippen molar-refractivity contribution in [2.24, 2.45) is 0 Å². The molecular weight excluding hydrogens is 289 g/mol. The van der Waals surface area contributed by atoms with Gasteiger partial charge in [0.1, 0.15) is 0 Å². The predicted molar refractivity (Wildman–Crippen MR) is 28.0 cm³/mol. The molecule has 0 nitrogen and oxygen atoms in total. The van der Waals surface area contributed by atoms with Gasteiger partial charge in [0.2, 0.25) is 0 Å². The first-order valence-electron chi connectivity index (χ1n) is 0. The summed E-state index contributed by atoms with van der Waals surface area (Å²) in [5.41, 5.74) is 0. The van der Waals surface area contributed by atoms with E-state index in [2.05, 4.69) is 0 Å². The maximum absolute atomic E-state index is 0. The van der Waals surface area contributed by atoms with Crippen LogP contribution in [0.2, 0.25) is 0 Å². The summed E-state index contributed by atoms with van der Waals surface area (Å²) < 4.78 is 0. The average molecular weight is 299 g/mol.